The minimum Gasteiger partial charge on any atom is -0.486 e. The molecule has 2 aromatic heterocycles. The molecule has 0 N–H and O–H groups in total. The van der Waals surface area contributed by atoms with Gasteiger partial charge < -0.3 is 9.47 Å². The Balaban J connectivity index is 1.39. The van der Waals surface area contributed by atoms with Crippen LogP contribution in [0.5, 0.6) is 5.75 Å². The Morgan fingerprint density at radius 3 is 2.09 bits per heavy atom. The zero-order chi connectivity index (χ0) is 23.9. The summed E-state index contributed by atoms with van der Waals surface area (Å²) in [5, 5.41) is 0. The van der Waals surface area contributed by atoms with Crippen molar-refractivity contribution in [2.45, 2.75) is 13.0 Å². The third-order valence-electron chi connectivity index (χ3n) is 5.99. The summed E-state index contributed by atoms with van der Waals surface area (Å²) in [7, 11) is 1.35. The van der Waals surface area contributed by atoms with Gasteiger partial charge in [0.25, 0.3) is 0 Å². The second-order valence-electron chi connectivity index (χ2n) is 8.23. The summed E-state index contributed by atoms with van der Waals surface area (Å²) < 4.78 is 11.2. The minimum absolute atomic E-state index is 0.305. The summed E-state index contributed by atoms with van der Waals surface area (Å²) in [6, 6.07) is 24.6. The fourth-order valence-corrected chi connectivity index (χ4v) is 4.28. The molecule has 7 nitrogen and oxygen atoms in total. The van der Waals surface area contributed by atoms with Crippen molar-refractivity contribution in [3.8, 4) is 5.75 Å². The predicted octanol–water partition coefficient (Wildman–Crippen LogP) is 5.81. The van der Waals surface area contributed by atoms with Crippen molar-refractivity contribution < 1.29 is 14.3 Å². The molecular weight excluding hydrogens is 440 g/mol. The second kappa shape index (κ2) is 8.29. The summed E-state index contributed by atoms with van der Waals surface area (Å²) in [4.78, 5) is 31.2. The molecule has 0 unspecified atom stereocenters. The van der Waals surface area contributed by atoms with Crippen LogP contribution in [-0.4, -0.2) is 33.0 Å². The topological polar surface area (TPSA) is 87.1 Å². The maximum atomic E-state index is 12.2. The minimum atomic E-state index is -0.440. The van der Waals surface area contributed by atoms with Gasteiger partial charge in [0.2, 0.25) is 0 Å². The number of methoxy groups -OCH3 is 1. The highest BCUT2D eigenvalue weighted by atomic mass is 16.5. The molecule has 6 aromatic rings. The van der Waals surface area contributed by atoms with Crippen molar-refractivity contribution >= 4 is 50.1 Å². The third-order valence-corrected chi connectivity index (χ3v) is 5.99. The first-order valence-corrected chi connectivity index (χ1v) is 11.2. The van der Waals surface area contributed by atoms with Crippen molar-refractivity contribution in [1.29, 1.82) is 0 Å². The van der Waals surface area contributed by atoms with E-state index in [9.17, 15) is 4.79 Å². The van der Waals surface area contributed by atoms with E-state index in [-0.39, 0.29) is 6.10 Å². The largest absolute Gasteiger partial charge is 0.486 e. The third kappa shape index (κ3) is 3.67. The summed E-state index contributed by atoms with van der Waals surface area (Å²) in [6.07, 6.45) is -0.305. The number of ether oxygens (including phenoxy) is 2. The molecular formula is C28H20N4O3. The monoisotopic (exact) mass is 460 g/mol. The van der Waals surface area contributed by atoms with Gasteiger partial charge in [-0.2, -0.15) is 0 Å². The number of nitrogens with zero attached hydrogens (tertiary/aromatic N) is 4. The Bertz CT molecular complexity index is 1770. The van der Waals surface area contributed by atoms with Crippen LogP contribution in [0.15, 0.2) is 78.9 Å². The number of hydrogen-bond acceptors (Lipinski definition) is 7. The van der Waals surface area contributed by atoms with Gasteiger partial charge in [-0.25, -0.2) is 24.7 Å². The van der Waals surface area contributed by atoms with Crippen LogP contribution in [0.1, 0.15) is 28.9 Å². The quantitative estimate of drug-likeness (QED) is 0.242. The van der Waals surface area contributed by atoms with Crippen molar-refractivity contribution in [3.63, 3.8) is 0 Å². The summed E-state index contributed by atoms with van der Waals surface area (Å²) in [6.45, 7) is 1.97. The molecule has 170 valence electrons. The molecule has 0 aliphatic heterocycles. The fraction of sp³-hybridized carbons (Fsp3) is 0.107. The molecule has 35 heavy (non-hydrogen) atoms. The lowest BCUT2D eigenvalue weighted by Crippen LogP contribution is -2.07. The molecule has 7 heteroatoms. The number of benzene rings is 4. The zero-order valence-corrected chi connectivity index (χ0v) is 19.1. The smallest absolute Gasteiger partial charge is 0.340 e. The van der Waals surface area contributed by atoms with E-state index in [1.165, 1.54) is 7.11 Å². The zero-order valence-electron chi connectivity index (χ0n) is 19.1. The molecule has 0 aliphatic rings. The van der Waals surface area contributed by atoms with Crippen molar-refractivity contribution in [1.82, 2.24) is 19.9 Å². The molecule has 0 spiro atoms. The molecule has 1 atom stereocenters. The van der Waals surface area contributed by atoms with E-state index in [0.29, 0.717) is 27.9 Å². The maximum Gasteiger partial charge on any atom is 0.340 e. The average Bonchev–Trinajstić information content (AvgIpc) is 2.89. The van der Waals surface area contributed by atoms with Crippen LogP contribution in [0.25, 0.3) is 44.1 Å². The molecule has 0 aliphatic carbocycles. The van der Waals surface area contributed by atoms with Crippen LogP contribution >= 0.6 is 0 Å². The van der Waals surface area contributed by atoms with Crippen LogP contribution < -0.4 is 4.74 Å². The normalized spacial score (nSPS) is 12.3. The highest BCUT2D eigenvalue weighted by Gasteiger charge is 2.17. The molecule has 0 amide bonds. The second-order valence-corrected chi connectivity index (χ2v) is 8.23. The van der Waals surface area contributed by atoms with Crippen LogP contribution in [0.3, 0.4) is 0 Å². The van der Waals surface area contributed by atoms with Gasteiger partial charge in [0.1, 0.15) is 17.4 Å². The first-order chi connectivity index (χ1) is 17.1. The van der Waals surface area contributed by atoms with Gasteiger partial charge in [-0.1, -0.05) is 30.3 Å². The van der Waals surface area contributed by atoms with E-state index in [0.717, 1.165) is 33.1 Å². The Hall–Kier alpha value is -4.65. The summed E-state index contributed by atoms with van der Waals surface area (Å²) >= 11 is 0. The number of aromatic nitrogens is 4. The lowest BCUT2D eigenvalue weighted by atomic mass is 10.1. The number of para-hydroxylation sites is 4. The van der Waals surface area contributed by atoms with Crippen LogP contribution in [-0.2, 0) is 4.74 Å². The van der Waals surface area contributed by atoms with Crippen LogP contribution in [0, 0.1) is 0 Å². The molecule has 0 bridgehead atoms. The Labute approximate surface area is 200 Å². The number of hydrogen-bond donors (Lipinski definition) is 0. The van der Waals surface area contributed by atoms with Crippen molar-refractivity contribution in [2.75, 3.05) is 7.11 Å². The Kier molecular flexibility index (Phi) is 4.95. The van der Waals surface area contributed by atoms with Gasteiger partial charge in [0.05, 0.1) is 51.3 Å². The van der Waals surface area contributed by atoms with Gasteiger partial charge in [0, 0.05) is 11.6 Å². The lowest BCUT2D eigenvalue weighted by molar-refractivity contribution is 0.0602. The summed E-state index contributed by atoms with van der Waals surface area (Å²) in [5.41, 5.74) is 7.10. The molecule has 0 fully saturated rings. The Morgan fingerprint density at radius 1 is 0.686 bits per heavy atom. The molecule has 4 aromatic carbocycles. The highest BCUT2D eigenvalue weighted by Crippen LogP contribution is 2.30. The van der Waals surface area contributed by atoms with Gasteiger partial charge >= 0.3 is 5.97 Å². The number of fused-ring (bicyclic) bond motifs is 4. The van der Waals surface area contributed by atoms with Gasteiger partial charge in [-0.05, 0) is 49.4 Å². The lowest BCUT2D eigenvalue weighted by Gasteiger charge is -2.17. The van der Waals surface area contributed by atoms with E-state index in [1.54, 1.807) is 12.1 Å². The first-order valence-electron chi connectivity index (χ1n) is 11.2. The fourth-order valence-electron chi connectivity index (χ4n) is 4.28. The Morgan fingerprint density at radius 2 is 1.31 bits per heavy atom. The van der Waals surface area contributed by atoms with Crippen molar-refractivity contribution in [2.24, 2.45) is 0 Å². The van der Waals surface area contributed by atoms with E-state index >= 15 is 0 Å². The maximum absolute atomic E-state index is 12.2. The number of carbonyl (C=O) groups excluding carboxylic acids is 1. The van der Waals surface area contributed by atoms with Crippen molar-refractivity contribution in [3.05, 3.63) is 90.0 Å². The van der Waals surface area contributed by atoms with E-state index < -0.39 is 5.97 Å². The standard InChI is InChI=1S/C28H20N4O3/c1-16(35-17-13-14-22-25(15-17)30-21-10-4-3-9-20(21)29-22)18-7-5-11-23-26(18)31-24-12-6-8-19(27(24)32-23)28(33)34-2/h3-16H,1-2H3/t16-/m1/s1. The first kappa shape index (κ1) is 20.9. The molecule has 0 saturated carbocycles. The van der Waals surface area contributed by atoms with Gasteiger partial charge in [-0.3, -0.25) is 0 Å². The molecule has 6 rings (SSSR count). The average molecular weight is 460 g/mol. The van der Waals surface area contributed by atoms with Crippen LogP contribution in [0.2, 0.25) is 0 Å². The summed E-state index contributed by atoms with van der Waals surface area (Å²) in [5.74, 6) is 0.248. The van der Waals surface area contributed by atoms with Gasteiger partial charge in [-0.15, -0.1) is 0 Å². The number of carbonyl (C=O) groups is 1. The molecule has 0 saturated heterocycles. The van der Waals surface area contributed by atoms with Gasteiger partial charge in [0.15, 0.2) is 0 Å². The molecule has 2 heterocycles. The number of rotatable bonds is 4. The number of esters is 1. The highest BCUT2D eigenvalue weighted by molar-refractivity contribution is 6.03. The van der Waals surface area contributed by atoms with Crippen LogP contribution in [0.4, 0.5) is 0 Å². The van der Waals surface area contributed by atoms with E-state index in [2.05, 4.69) is 4.98 Å². The SMILES string of the molecule is COC(=O)c1cccc2nc3c([C@@H](C)Oc4ccc5nc6ccccc6nc5c4)cccc3nc12. The van der Waals surface area contributed by atoms with E-state index in [4.69, 9.17) is 24.4 Å². The van der Waals surface area contributed by atoms with E-state index in [1.807, 2.05) is 73.7 Å². The molecule has 0 radical (unpaired) electrons. The predicted molar refractivity (Wildman–Crippen MR) is 134 cm³/mol.